The zero-order chi connectivity index (χ0) is 14.1. The molecule has 0 aliphatic carbocycles. The smallest absolute Gasteiger partial charge is 0.125 e. The quantitative estimate of drug-likeness (QED) is 0.735. The number of nitrogens with one attached hydrogen (secondary N) is 1. The van der Waals surface area contributed by atoms with Gasteiger partial charge in [-0.2, -0.15) is 0 Å². The van der Waals surface area contributed by atoms with Crippen LogP contribution in [0.25, 0.3) is 0 Å². The zero-order valence-corrected chi connectivity index (χ0v) is 12.9. The molecule has 0 saturated heterocycles. The van der Waals surface area contributed by atoms with E-state index in [0.29, 0.717) is 0 Å². The third kappa shape index (κ3) is 5.60. The van der Waals surface area contributed by atoms with Crippen LogP contribution < -0.4 is 5.32 Å². The monoisotopic (exact) mass is 263 g/mol. The predicted octanol–water partition coefficient (Wildman–Crippen LogP) is 3.77. The van der Waals surface area contributed by atoms with Gasteiger partial charge in [0.05, 0.1) is 0 Å². The second-order valence-electron chi connectivity index (χ2n) is 5.09. The van der Waals surface area contributed by atoms with Crippen molar-refractivity contribution in [2.24, 2.45) is 5.92 Å². The summed E-state index contributed by atoms with van der Waals surface area (Å²) in [5.74, 6) is 1.78. The van der Waals surface area contributed by atoms with E-state index in [1.54, 1.807) is 0 Å². The van der Waals surface area contributed by atoms with Gasteiger partial charge in [-0.3, -0.25) is 4.90 Å². The second-order valence-corrected chi connectivity index (χ2v) is 5.09. The number of anilines is 1. The first-order valence-corrected chi connectivity index (χ1v) is 7.64. The van der Waals surface area contributed by atoms with Crippen molar-refractivity contribution in [2.75, 3.05) is 25.0 Å². The number of hydrogen-bond acceptors (Lipinski definition) is 3. The molecule has 0 aliphatic heterocycles. The van der Waals surface area contributed by atoms with Gasteiger partial charge in [-0.25, -0.2) is 4.98 Å². The van der Waals surface area contributed by atoms with Gasteiger partial charge in [0, 0.05) is 25.8 Å². The third-order valence-corrected chi connectivity index (χ3v) is 3.71. The van der Waals surface area contributed by atoms with E-state index >= 15 is 0 Å². The van der Waals surface area contributed by atoms with Crippen LogP contribution in [0, 0.1) is 5.92 Å². The van der Waals surface area contributed by atoms with E-state index in [1.807, 2.05) is 6.20 Å². The van der Waals surface area contributed by atoms with Crippen molar-refractivity contribution in [3.8, 4) is 0 Å². The van der Waals surface area contributed by atoms with Gasteiger partial charge in [-0.05, 0) is 31.0 Å². The first-order valence-electron chi connectivity index (χ1n) is 7.64. The van der Waals surface area contributed by atoms with Gasteiger partial charge in [0.2, 0.25) is 0 Å². The molecule has 0 saturated carbocycles. The minimum Gasteiger partial charge on any atom is -0.370 e. The Kier molecular flexibility index (Phi) is 7.49. The summed E-state index contributed by atoms with van der Waals surface area (Å²) >= 11 is 0. The molecule has 0 bridgehead atoms. The van der Waals surface area contributed by atoms with Crippen molar-refractivity contribution in [1.29, 1.82) is 0 Å². The van der Waals surface area contributed by atoms with Crippen LogP contribution in [-0.2, 0) is 6.54 Å². The van der Waals surface area contributed by atoms with Crippen molar-refractivity contribution in [2.45, 2.75) is 47.1 Å². The highest BCUT2D eigenvalue weighted by Crippen LogP contribution is 2.13. The van der Waals surface area contributed by atoms with Crippen molar-refractivity contribution in [3.63, 3.8) is 0 Å². The molecule has 1 heterocycles. The van der Waals surface area contributed by atoms with E-state index in [4.69, 9.17) is 0 Å². The van der Waals surface area contributed by atoms with Crippen LogP contribution in [0.4, 0.5) is 5.82 Å². The summed E-state index contributed by atoms with van der Waals surface area (Å²) in [5, 5.41) is 3.23. The lowest BCUT2D eigenvalue weighted by molar-refractivity contribution is 0.226. The van der Waals surface area contributed by atoms with Crippen molar-refractivity contribution < 1.29 is 0 Å². The molecular weight excluding hydrogens is 234 g/mol. The molecule has 3 nitrogen and oxygen atoms in total. The molecule has 0 amide bonds. The summed E-state index contributed by atoms with van der Waals surface area (Å²) in [4.78, 5) is 6.95. The van der Waals surface area contributed by atoms with Crippen LogP contribution >= 0.6 is 0 Å². The Morgan fingerprint density at radius 3 is 2.37 bits per heavy atom. The van der Waals surface area contributed by atoms with Gasteiger partial charge >= 0.3 is 0 Å². The van der Waals surface area contributed by atoms with Crippen LogP contribution in [0.15, 0.2) is 18.3 Å². The van der Waals surface area contributed by atoms with Gasteiger partial charge in [0.15, 0.2) is 0 Å². The van der Waals surface area contributed by atoms with E-state index in [9.17, 15) is 0 Å². The van der Waals surface area contributed by atoms with Crippen molar-refractivity contribution in [1.82, 2.24) is 9.88 Å². The second kappa shape index (κ2) is 8.92. The van der Waals surface area contributed by atoms with Gasteiger partial charge in [-0.1, -0.05) is 39.7 Å². The van der Waals surface area contributed by atoms with Gasteiger partial charge < -0.3 is 5.32 Å². The lowest BCUT2D eigenvalue weighted by Gasteiger charge is -2.25. The Morgan fingerprint density at radius 2 is 1.89 bits per heavy atom. The molecule has 1 aromatic heterocycles. The van der Waals surface area contributed by atoms with Gasteiger partial charge in [0.25, 0.3) is 0 Å². The van der Waals surface area contributed by atoms with E-state index < -0.39 is 0 Å². The fraction of sp³-hybridized carbons (Fsp3) is 0.688. The Hall–Kier alpha value is -1.09. The minimum absolute atomic E-state index is 0.814. The average molecular weight is 263 g/mol. The van der Waals surface area contributed by atoms with Crippen LogP contribution in [0.5, 0.6) is 0 Å². The van der Waals surface area contributed by atoms with Crippen LogP contribution in [0.2, 0.25) is 0 Å². The van der Waals surface area contributed by atoms with Gasteiger partial charge in [-0.15, -0.1) is 0 Å². The summed E-state index contributed by atoms with van der Waals surface area (Å²) < 4.78 is 0. The molecule has 0 unspecified atom stereocenters. The zero-order valence-electron chi connectivity index (χ0n) is 12.9. The molecule has 0 spiro atoms. The lowest BCUT2D eigenvalue weighted by Crippen LogP contribution is -2.28. The highest BCUT2D eigenvalue weighted by Gasteiger charge is 2.10. The first kappa shape index (κ1) is 16.0. The molecule has 19 heavy (non-hydrogen) atoms. The Balaban J connectivity index is 2.54. The molecule has 1 aromatic rings. The van der Waals surface area contributed by atoms with Crippen molar-refractivity contribution in [3.05, 3.63) is 23.9 Å². The summed E-state index contributed by atoms with van der Waals surface area (Å²) in [6.07, 6.45) is 4.53. The maximum atomic E-state index is 4.44. The summed E-state index contributed by atoms with van der Waals surface area (Å²) in [7, 11) is 0. The van der Waals surface area contributed by atoms with Gasteiger partial charge in [0.1, 0.15) is 5.82 Å². The molecule has 0 atom stereocenters. The Labute approximate surface area is 118 Å². The SMILES string of the molecule is CCNc1ccc(CN(CC)CC(CC)CC)cn1. The number of pyridine rings is 1. The summed E-state index contributed by atoms with van der Waals surface area (Å²) in [6, 6.07) is 4.25. The maximum absolute atomic E-state index is 4.44. The molecule has 0 fully saturated rings. The Bertz CT molecular complexity index is 330. The number of rotatable bonds is 9. The van der Waals surface area contributed by atoms with E-state index in [2.05, 4.69) is 55.0 Å². The fourth-order valence-corrected chi connectivity index (χ4v) is 2.28. The largest absolute Gasteiger partial charge is 0.370 e. The first-order chi connectivity index (χ1) is 9.23. The standard InChI is InChI=1S/C16H29N3/c1-5-14(6-2)12-19(8-4)13-15-9-10-16(17-7-3)18-11-15/h9-11,14H,5-8,12-13H2,1-4H3,(H,17,18). The van der Waals surface area contributed by atoms with E-state index in [1.165, 1.54) is 24.9 Å². The summed E-state index contributed by atoms with van der Waals surface area (Å²) in [5.41, 5.74) is 1.30. The number of hydrogen-bond donors (Lipinski definition) is 1. The molecule has 1 rings (SSSR count). The normalized spacial score (nSPS) is 11.3. The molecule has 1 N–H and O–H groups in total. The highest BCUT2D eigenvalue weighted by atomic mass is 15.1. The van der Waals surface area contributed by atoms with Crippen LogP contribution in [0.3, 0.4) is 0 Å². The average Bonchev–Trinajstić information content (AvgIpc) is 2.45. The van der Waals surface area contributed by atoms with Crippen molar-refractivity contribution >= 4 is 5.82 Å². The fourth-order valence-electron chi connectivity index (χ4n) is 2.28. The topological polar surface area (TPSA) is 28.2 Å². The minimum atomic E-state index is 0.814. The van der Waals surface area contributed by atoms with E-state index in [0.717, 1.165) is 31.4 Å². The molecule has 0 aliphatic rings. The van der Waals surface area contributed by atoms with Crippen LogP contribution in [-0.4, -0.2) is 29.5 Å². The predicted molar refractivity (Wildman–Crippen MR) is 83.4 cm³/mol. The molecule has 0 radical (unpaired) electrons. The summed E-state index contributed by atoms with van der Waals surface area (Å²) in [6.45, 7) is 13.1. The van der Waals surface area contributed by atoms with Crippen LogP contribution in [0.1, 0.15) is 46.1 Å². The molecule has 108 valence electrons. The molecule has 3 heteroatoms. The number of aromatic nitrogens is 1. The maximum Gasteiger partial charge on any atom is 0.125 e. The lowest BCUT2D eigenvalue weighted by atomic mass is 10.0. The highest BCUT2D eigenvalue weighted by molar-refractivity contribution is 5.35. The molecular formula is C16H29N3. The Morgan fingerprint density at radius 1 is 1.16 bits per heavy atom. The molecule has 0 aromatic carbocycles. The third-order valence-electron chi connectivity index (χ3n) is 3.71. The van der Waals surface area contributed by atoms with E-state index in [-0.39, 0.29) is 0 Å². The number of nitrogens with zero attached hydrogens (tertiary/aromatic N) is 2.